The second-order valence-corrected chi connectivity index (χ2v) is 1.73. The van der Waals surface area contributed by atoms with Crippen molar-refractivity contribution in [2.24, 2.45) is 0 Å². The fourth-order valence-electron chi connectivity index (χ4n) is 0.415. The standard InChI is InChI=1S/C6H5Cl.CH3Cl/c7-6-4-2-1-3-5-6;1-2/h1-5H;1H3. The molecule has 0 spiro atoms. The lowest BCUT2D eigenvalue weighted by Gasteiger charge is -1.80. The highest BCUT2D eigenvalue weighted by atomic mass is 35.5. The van der Waals surface area contributed by atoms with Gasteiger partial charge in [-0.1, -0.05) is 29.8 Å². The van der Waals surface area contributed by atoms with Crippen molar-refractivity contribution < 1.29 is 0 Å². The molecule has 0 nitrogen and oxygen atoms in total. The minimum Gasteiger partial charge on any atom is -0.130 e. The molecule has 0 bridgehead atoms. The average molecular weight is 163 g/mol. The molecule has 0 heterocycles. The van der Waals surface area contributed by atoms with Crippen molar-refractivity contribution in [3.63, 3.8) is 0 Å². The fraction of sp³-hybridized carbons (Fsp3) is 0.143. The largest absolute Gasteiger partial charge is 0.130 e. The van der Waals surface area contributed by atoms with Gasteiger partial charge in [0.15, 0.2) is 0 Å². The van der Waals surface area contributed by atoms with E-state index in [1.165, 1.54) is 6.38 Å². The molecular weight excluding hydrogens is 155 g/mol. The van der Waals surface area contributed by atoms with Gasteiger partial charge in [0.25, 0.3) is 0 Å². The quantitative estimate of drug-likeness (QED) is 0.515. The third-order valence-corrected chi connectivity index (χ3v) is 0.985. The minimum absolute atomic E-state index is 0.794. The molecule has 0 radical (unpaired) electrons. The van der Waals surface area contributed by atoms with Gasteiger partial charge in [-0.15, -0.1) is 11.6 Å². The smallest absolute Gasteiger partial charge is 0.0405 e. The molecule has 0 aliphatic carbocycles. The normalized spacial score (nSPS) is 7.44. The number of rotatable bonds is 0. The van der Waals surface area contributed by atoms with Gasteiger partial charge in [0.2, 0.25) is 0 Å². The van der Waals surface area contributed by atoms with Crippen LogP contribution >= 0.6 is 23.2 Å². The fourth-order valence-corrected chi connectivity index (χ4v) is 0.560. The SMILES string of the molecule is CCl.Clc1ccccc1. The molecule has 0 atom stereocenters. The number of alkyl halides is 1. The first-order valence-corrected chi connectivity index (χ1v) is 3.61. The molecule has 0 fully saturated rings. The summed E-state index contributed by atoms with van der Waals surface area (Å²) in [4.78, 5) is 0. The number of benzene rings is 1. The number of hydrogen-bond acceptors (Lipinski definition) is 0. The van der Waals surface area contributed by atoms with Gasteiger partial charge in [-0.3, -0.25) is 0 Å². The third-order valence-electron chi connectivity index (χ3n) is 0.733. The lowest BCUT2D eigenvalue weighted by atomic mass is 10.4. The second kappa shape index (κ2) is 5.93. The van der Waals surface area contributed by atoms with Gasteiger partial charge in [0.05, 0.1) is 0 Å². The number of halogens is 2. The summed E-state index contributed by atoms with van der Waals surface area (Å²) in [5, 5.41) is 0.794. The van der Waals surface area contributed by atoms with Crippen molar-refractivity contribution in [1.82, 2.24) is 0 Å². The van der Waals surface area contributed by atoms with Crippen LogP contribution in [-0.4, -0.2) is 6.38 Å². The van der Waals surface area contributed by atoms with Crippen molar-refractivity contribution in [1.29, 1.82) is 0 Å². The van der Waals surface area contributed by atoms with Crippen LogP contribution < -0.4 is 0 Å². The van der Waals surface area contributed by atoms with E-state index in [-0.39, 0.29) is 0 Å². The summed E-state index contributed by atoms with van der Waals surface area (Å²) < 4.78 is 0. The molecule has 0 aliphatic rings. The van der Waals surface area contributed by atoms with Crippen molar-refractivity contribution in [3.8, 4) is 0 Å². The number of hydrogen-bond donors (Lipinski definition) is 0. The highest BCUT2D eigenvalue weighted by Gasteiger charge is 1.74. The molecule has 0 amide bonds. The van der Waals surface area contributed by atoms with Crippen LogP contribution in [0.25, 0.3) is 0 Å². The second-order valence-electron chi connectivity index (χ2n) is 1.30. The highest BCUT2D eigenvalue weighted by molar-refractivity contribution is 6.30. The monoisotopic (exact) mass is 162 g/mol. The molecule has 0 aromatic heterocycles. The average Bonchev–Trinajstić information content (AvgIpc) is 1.94. The van der Waals surface area contributed by atoms with Gasteiger partial charge in [0, 0.05) is 11.4 Å². The Morgan fingerprint density at radius 1 is 1.00 bits per heavy atom. The molecule has 9 heavy (non-hydrogen) atoms. The maximum atomic E-state index is 5.54. The van der Waals surface area contributed by atoms with E-state index in [1.54, 1.807) is 0 Å². The van der Waals surface area contributed by atoms with Crippen molar-refractivity contribution >= 4 is 23.2 Å². The molecule has 0 N–H and O–H groups in total. The Bertz CT molecular complexity index is 137. The van der Waals surface area contributed by atoms with E-state index in [4.69, 9.17) is 11.6 Å². The van der Waals surface area contributed by atoms with Crippen molar-refractivity contribution in [2.45, 2.75) is 0 Å². The highest BCUT2D eigenvalue weighted by Crippen LogP contribution is 2.03. The molecule has 1 rings (SSSR count). The summed E-state index contributed by atoms with van der Waals surface area (Å²) in [6.07, 6.45) is 1.47. The maximum Gasteiger partial charge on any atom is 0.0405 e. The van der Waals surface area contributed by atoms with E-state index in [2.05, 4.69) is 11.6 Å². The van der Waals surface area contributed by atoms with E-state index >= 15 is 0 Å². The predicted molar refractivity (Wildman–Crippen MR) is 43.2 cm³/mol. The zero-order chi connectivity index (χ0) is 7.11. The van der Waals surface area contributed by atoms with E-state index in [0.717, 1.165) is 5.02 Å². The first-order valence-electron chi connectivity index (χ1n) is 2.48. The molecule has 0 saturated carbocycles. The molecular formula is C7H8Cl2. The minimum atomic E-state index is 0.794. The molecule has 0 unspecified atom stereocenters. The van der Waals surface area contributed by atoms with E-state index in [1.807, 2.05) is 30.3 Å². The summed E-state index contributed by atoms with van der Waals surface area (Å²) in [6, 6.07) is 9.44. The molecule has 50 valence electrons. The van der Waals surface area contributed by atoms with Gasteiger partial charge >= 0.3 is 0 Å². The van der Waals surface area contributed by atoms with Crippen LogP contribution in [0.4, 0.5) is 0 Å². The summed E-state index contributed by atoms with van der Waals surface area (Å²) in [7, 11) is 0. The summed E-state index contributed by atoms with van der Waals surface area (Å²) in [5.74, 6) is 0. The van der Waals surface area contributed by atoms with Gasteiger partial charge < -0.3 is 0 Å². The van der Waals surface area contributed by atoms with Crippen LogP contribution in [0.15, 0.2) is 30.3 Å². The summed E-state index contributed by atoms with van der Waals surface area (Å²) in [6.45, 7) is 0. The summed E-state index contributed by atoms with van der Waals surface area (Å²) in [5.41, 5.74) is 0. The Kier molecular flexibility index (Phi) is 5.80. The van der Waals surface area contributed by atoms with Crippen LogP contribution in [0.5, 0.6) is 0 Å². The van der Waals surface area contributed by atoms with Gasteiger partial charge in [-0.2, -0.15) is 0 Å². The lowest BCUT2D eigenvalue weighted by Crippen LogP contribution is -1.55. The van der Waals surface area contributed by atoms with Gasteiger partial charge in [-0.25, -0.2) is 0 Å². The van der Waals surface area contributed by atoms with Crippen molar-refractivity contribution in [3.05, 3.63) is 35.4 Å². The van der Waals surface area contributed by atoms with Gasteiger partial charge in [0.1, 0.15) is 0 Å². The Morgan fingerprint density at radius 2 is 1.44 bits per heavy atom. The first-order chi connectivity index (χ1) is 4.39. The third kappa shape index (κ3) is 4.31. The zero-order valence-electron chi connectivity index (χ0n) is 5.14. The predicted octanol–water partition coefficient (Wildman–Crippen LogP) is 3.20. The van der Waals surface area contributed by atoms with E-state index in [9.17, 15) is 0 Å². The Labute approximate surface area is 65.4 Å². The summed E-state index contributed by atoms with van der Waals surface area (Å²) >= 11 is 10.2. The first kappa shape index (κ1) is 8.80. The van der Waals surface area contributed by atoms with Crippen LogP contribution in [0.2, 0.25) is 5.02 Å². The van der Waals surface area contributed by atoms with Crippen LogP contribution in [-0.2, 0) is 0 Å². The Hall–Kier alpha value is -0.200. The topological polar surface area (TPSA) is 0 Å². The van der Waals surface area contributed by atoms with Gasteiger partial charge in [-0.05, 0) is 12.1 Å². The zero-order valence-corrected chi connectivity index (χ0v) is 6.65. The van der Waals surface area contributed by atoms with Crippen LogP contribution in [0.3, 0.4) is 0 Å². The van der Waals surface area contributed by atoms with E-state index < -0.39 is 0 Å². The van der Waals surface area contributed by atoms with Crippen molar-refractivity contribution in [2.75, 3.05) is 6.38 Å². The lowest BCUT2D eigenvalue weighted by molar-refractivity contribution is 1.71. The molecule has 0 aliphatic heterocycles. The molecule has 0 saturated heterocycles. The Balaban J connectivity index is 0.000000291. The van der Waals surface area contributed by atoms with E-state index in [0.29, 0.717) is 0 Å². The molecule has 1 aromatic rings. The molecule has 1 aromatic carbocycles. The molecule has 2 heteroatoms. The van der Waals surface area contributed by atoms with Crippen LogP contribution in [0, 0.1) is 0 Å². The maximum absolute atomic E-state index is 5.54. The van der Waals surface area contributed by atoms with Crippen LogP contribution in [0.1, 0.15) is 0 Å². The Morgan fingerprint density at radius 3 is 1.67 bits per heavy atom.